The summed E-state index contributed by atoms with van der Waals surface area (Å²) in [6.07, 6.45) is -0.104. The Morgan fingerprint density at radius 3 is 2.43 bits per heavy atom. The van der Waals surface area contributed by atoms with Gasteiger partial charge >= 0.3 is 11.8 Å². The average Bonchev–Trinajstić information content (AvgIpc) is 3.23. The van der Waals surface area contributed by atoms with Gasteiger partial charge in [0.25, 0.3) is 0 Å². The first kappa shape index (κ1) is 23.5. The van der Waals surface area contributed by atoms with Gasteiger partial charge in [0.15, 0.2) is 0 Å². The number of benzene rings is 3. The molecule has 4 rings (SSSR count). The number of nitrogens with zero attached hydrogens (tertiary/aromatic N) is 1. The quantitative estimate of drug-likeness (QED) is 0.215. The average molecular weight is 473 g/mol. The molecule has 0 bridgehead atoms. The number of hydrazone groups is 1. The minimum atomic E-state index is -0.919. The second-order valence-corrected chi connectivity index (χ2v) is 7.83. The van der Waals surface area contributed by atoms with Crippen molar-refractivity contribution in [2.75, 3.05) is 12.4 Å². The molecule has 3 amide bonds. The molecule has 0 unspecified atom stereocenters. The summed E-state index contributed by atoms with van der Waals surface area (Å²) in [5.41, 5.74) is 5.14. The zero-order chi connectivity index (χ0) is 24.8. The van der Waals surface area contributed by atoms with E-state index < -0.39 is 11.8 Å². The van der Waals surface area contributed by atoms with Crippen molar-refractivity contribution in [1.29, 1.82) is 0 Å². The van der Waals surface area contributed by atoms with Crippen LogP contribution in [-0.2, 0) is 20.9 Å². The van der Waals surface area contributed by atoms with Crippen molar-refractivity contribution < 1.29 is 23.5 Å². The molecule has 3 aromatic carbocycles. The van der Waals surface area contributed by atoms with Gasteiger partial charge in [0, 0.05) is 29.1 Å². The Labute approximate surface area is 201 Å². The first-order chi connectivity index (χ1) is 16.9. The van der Waals surface area contributed by atoms with Gasteiger partial charge in [-0.1, -0.05) is 48.5 Å². The maximum absolute atomic E-state index is 12.6. The minimum Gasteiger partial charge on any atom is -0.495 e. The highest BCUT2D eigenvalue weighted by atomic mass is 16.5. The van der Waals surface area contributed by atoms with Gasteiger partial charge < -0.3 is 19.8 Å². The molecule has 9 nitrogen and oxygen atoms in total. The smallest absolute Gasteiger partial charge is 0.329 e. The predicted molar refractivity (Wildman–Crippen MR) is 133 cm³/mol. The molecule has 0 saturated heterocycles. The Bertz CT molecular complexity index is 1430. The molecule has 3 N–H and O–H groups in total. The molecule has 0 aliphatic carbocycles. The molecular weight excluding hydrogens is 448 g/mol. The summed E-state index contributed by atoms with van der Waals surface area (Å²) in [5, 5.41) is 11.0. The van der Waals surface area contributed by atoms with Crippen molar-refractivity contribution in [3.63, 3.8) is 0 Å². The van der Waals surface area contributed by atoms with Gasteiger partial charge in [-0.2, -0.15) is 5.10 Å². The van der Waals surface area contributed by atoms with E-state index in [4.69, 9.17) is 9.15 Å². The number of hydrogen-bond donors (Lipinski definition) is 3. The molecule has 0 atom stereocenters. The number of hydrogen-bond acceptors (Lipinski definition) is 6. The number of ether oxygens (including phenoxy) is 1. The van der Waals surface area contributed by atoms with Gasteiger partial charge in [-0.05, 0) is 24.6 Å². The van der Waals surface area contributed by atoms with Gasteiger partial charge in [-0.3, -0.25) is 14.4 Å². The zero-order valence-electron chi connectivity index (χ0n) is 19.3. The van der Waals surface area contributed by atoms with Crippen LogP contribution in [0.2, 0.25) is 0 Å². The van der Waals surface area contributed by atoms with Crippen molar-refractivity contribution in [2.45, 2.75) is 19.9 Å². The third-order valence-electron chi connectivity index (χ3n) is 5.24. The van der Waals surface area contributed by atoms with E-state index in [-0.39, 0.29) is 18.9 Å². The molecule has 0 spiro atoms. The van der Waals surface area contributed by atoms with Crippen molar-refractivity contribution in [3.8, 4) is 5.75 Å². The Kier molecular flexibility index (Phi) is 7.06. The molecule has 178 valence electrons. The van der Waals surface area contributed by atoms with Gasteiger partial charge in [-0.25, -0.2) is 5.43 Å². The van der Waals surface area contributed by atoms with Crippen LogP contribution in [-0.4, -0.2) is 30.5 Å². The summed E-state index contributed by atoms with van der Waals surface area (Å²) < 4.78 is 11.3. The van der Waals surface area contributed by atoms with Crippen LogP contribution in [0.4, 0.5) is 5.69 Å². The molecule has 0 aliphatic heterocycles. The lowest BCUT2D eigenvalue weighted by Crippen LogP contribution is -2.37. The van der Waals surface area contributed by atoms with E-state index >= 15 is 0 Å². The second kappa shape index (κ2) is 10.5. The molecule has 9 heteroatoms. The van der Waals surface area contributed by atoms with Gasteiger partial charge in [-0.15, -0.1) is 0 Å². The summed E-state index contributed by atoms with van der Waals surface area (Å²) in [6.45, 7) is 1.79. The van der Waals surface area contributed by atoms with E-state index in [2.05, 4.69) is 21.2 Å². The van der Waals surface area contributed by atoms with Gasteiger partial charge in [0.05, 0.1) is 19.2 Å². The number of fused-ring (bicyclic) bond motifs is 3. The monoisotopic (exact) mass is 472 g/mol. The first-order valence-corrected chi connectivity index (χ1v) is 10.9. The molecule has 0 saturated carbocycles. The molecule has 1 aromatic heterocycles. The van der Waals surface area contributed by atoms with E-state index in [9.17, 15) is 14.4 Å². The zero-order valence-corrected chi connectivity index (χ0v) is 19.3. The number of rotatable bonds is 7. The van der Waals surface area contributed by atoms with Crippen LogP contribution < -0.4 is 20.8 Å². The SMILES string of the molecule is COc1cc2c(cc1NC(=O)C/C(C)=N\NC(=O)C(=O)NCc1ccccc1)oc1ccccc12. The van der Waals surface area contributed by atoms with Crippen LogP contribution in [0, 0.1) is 0 Å². The lowest BCUT2D eigenvalue weighted by Gasteiger charge is -2.10. The van der Waals surface area contributed by atoms with Gasteiger partial charge in [0.2, 0.25) is 5.91 Å². The van der Waals surface area contributed by atoms with Crippen molar-refractivity contribution >= 4 is 51.1 Å². The lowest BCUT2D eigenvalue weighted by molar-refractivity contribution is -0.139. The fraction of sp³-hybridized carbons (Fsp3) is 0.154. The summed E-state index contributed by atoms with van der Waals surface area (Å²) >= 11 is 0. The van der Waals surface area contributed by atoms with Crippen molar-refractivity contribution in [1.82, 2.24) is 10.7 Å². The maximum atomic E-state index is 12.6. The maximum Gasteiger partial charge on any atom is 0.329 e. The van der Waals surface area contributed by atoms with E-state index in [0.29, 0.717) is 22.7 Å². The van der Waals surface area contributed by atoms with Gasteiger partial charge in [0.1, 0.15) is 16.9 Å². The largest absolute Gasteiger partial charge is 0.495 e. The Morgan fingerprint density at radius 1 is 0.914 bits per heavy atom. The van der Waals surface area contributed by atoms with E-state index in [1.54, 1.807) is 13.0 Å². The number of amides is 3. The number of nitrogens with one attached hydrogen (secondary N) is 3. The van der Waals surface area contributed by atoms with Crippen LogP contribution >= 0.6 is 0 Å². The first-order valence-electron chi connectivity index (χ1n) is 10.9. The predicted octanol–water partition coefficient (Wildman–Crippen LogP) is 3.73. The Morgan fingerprint density at radius 2 is 1.66 bits per heavy atom. The third-order valence-corrected chi connectivity index (χ3v) is 5.24. The fourth-order valence-electron chi connectivity index (χ4n) is 3.54. The Balaban J connectivity index is 1.35. The molecular formula is C26H24N4O5. The summed E-state index contributed by atoms with van der Waals surface area (Å²) in [4.78, 5) is 36.5. The van der Waals surface area contributed by atoms with E-state index in [1.807, 2.05) is 60.7 Å². The lowest BCUT2D eigenvalue weighted by atomic mass is 10.1. The summed E-state index contributed by atoms with van der Waals surface area (Å²) in [5.74, 6) is -1.63. The fourth-order valence-corrected chi connectivity index (χ4v) is 3.54. The molecule has 4 aromatic rings. The van der Waals surface area contributed by atoms with Crippen LogP contribution in [0.1, 0.15) is 18.9 Å². The normalized spacial score (nSPS) is 11.3. The number of carbonyl (C=O) groups is 3. The number of para-hydroxylation sites is 1. The van der Waals surface area contributed by atoms with E-state index in [0.717, 1.165) is 21.9 Å². The summed E-state index contributed by atoms with van der Waals surface area (Å²) in [6, 6.07) is 20.4. The number of furan rings is 1. The Hall–Kier alpha value is -4.66. The molecule has 0 radical (unpaired) electrons. The highest BCUT2D eigenvalue weighted by molar-refractivity contribution is 6.35. The molecule has 1 heterocycles. The van der Waals surface area contributed by atoms with Crippen molar-refractivity contribution in [3.05, 3.63) is 72.3 Å². The van der Waals surface area contributed by atoms with Crippen LogP contribution in [0.25, 0.3) is 21.9 Å². The van der Waals surface area contributed by atoms with Crippen LogP contribution in [0.15, 0.2) is 76.2 Å². The topological polar surface area (TPSA) is 122 Å². The molecule has 35 heavy (non-hydrogen) atoms. The summed E-state index contributed by atoms with van der Waals surface area (Å²) in [7, 11) is 1.52. The van der Waals surface area contributed by atoms with Crippen molar-refractivity contribution in [2.24, 2.45) is 5.10 Å². The van der Waals surface area contributed by atoms with Crippen LogP contribution in [0.3, 0.4) is 0 Å². The number of methoxy groups -OCH3 is 1. The molecule has 0 fully saturated rings. The van der Waals surface area contributed by atoms with E-state index in [1.165, 1.54) is 7.11 Å². The highest BCUT2D eigenvalue weighted by Gasteiger charge is 2.16. The standard InChI is InChI=1S/C26H24N4O5/c1-16(29-30-26(33)25(32)27-15-17-8-4-3-5-9-17)12-24(31)28-20-14-22-19(13-23(20)34-2)18-10-6-7-11-21(18)35-22/h3-11,13-14H,12,15H2,1-2H3,(H,27,32)(H,28,31)(H,30,33)/b29-16-. The number of carbonyl (C=O) groups excluding carboxylic acids is 3. The van der Waals surface area contributed by atoms with Crippen LogP contribution in [0.5, 0.6) is 5.75 Å². The number of anilines is 1. The third kappa shape index (κ3) is 5.64. The molecule has 0 aliphatic rings. The minimum absolute atomic E-state index is 0.104. The second-order valence-electron chi connectivity index (χ2n) is 7.83. The highest BCUT2D eigenvalue weighted by Crippen LogP contribution is 2.36.